The summed E-state index contributed by atoms with van der Waals surface area (Å²) in [5.41, 5.74) is -0.393. The number of carboxylic acids is 1. The number of aliphatic hydroxyl groups is 1. The highest BCUT2D eigenvalue weighted by molar-refractivity contribution is 5.70. The highest BCUT2D eigenvalue weighted by Gasteiger charge is 2.42. The van der Waals surface area contributed by atoms with Crippen molar-refractivity contribution >= 4 is 5.97 Å². The van der Waals surface area contributed by atoms with Crippen molar-refractivity contribution in [2.24, 2.45) is 5.92 Å². The number of aliphatic carboxylic acids is 1. The van der Waals surface area contributed by atoms with Gasteiger partial charge < -0.3 is 15.0 Å². The molecule has 1 aromatic carbocycles. The van der Waals surface area contributed by atoms with E-state index in [0.29, 0.717) is 0 Å². The van der Waals surface area contributed by atoms with Gasteiger partial charge in [0.25, 0.3) is 0 Å². The topological polar surface area (TPSA) is 60.4 Å². The van der Waals surface area contributed by atoms with E-state index in [1.807, 2.05) is 36.4 Å². The number of benzene rings is 1. The molecule has 0 radical (unpaired) electrons. The zero-order chi connectivity index (χ0) is 13.2. The fourth-order valence-electron chi connectivity index (χ4n) is 2.64. The lowest BCUT2D eigenvalue weighted by atomic mass is 9.69. The number of hydrogen-bond acceptors (Lipinski definition) is 3. The third-order valence-electron chi connectivity index (χ3n) is 3.81. The Morgan fingerprint density at radius 3 is 2.72 bits per heavy atom. The van der Waals surface area contributed by atoms with Crippen molar-refractivity contribution in [1.29, 1.82) is 0 Å². The van der Waals surface area contributed by atoms with Gasteiger partial charge in [-0.1, -0.05) is 49.4 Å². The summed E-state index contributed by atoms with van der Waals surface area (Å²) in [6.45, 7) is 1.50. The molecule has 2 rings (SSSR count). The molecule has 0 saturated heterocycles. The van der Waals surface area contributed by atoms with Crippen LogP contribution >= 0.6 is 0 Å². The second-order valence-electron chi connectivity index (χ2n) is 4.87. The Kier molecular flexibility index (Phi) is 3.53. The van der Waals surface area contributed by atoms with Crippen LogP contribution in [0.2, 0.25) is 0 Å². The molecule has 1 N–H and O–H groups in total. The monoisotopic (exact) mass is 245 g/mol. The smallest absolute Gasteiger partial charge is 0.0973 e. The zero-order valence-electron chi connectivity index (χ0n) is 10.4. The maximum atomic E-state index is 11.1. The Bertz CT molecular complexity index is 452. The molecular formula is C15H17O3-. The molecule has 3 heteroatoms. The molecule has 1 aromatic rings. The van der Waals surface area contributed by atoms with Crippen LogP contribution < -0.4 is 5.11 Å². The molecule has 18 heavy (non-hydrogen) atoms. The summed E-state index contributed by atoms with van der Waals surface area (Å²) in [6, 6.07) is 9.56. The van der Waals surface area contributed by atoms with Gasteiger partial charge in [0.15, 0.2) is 0 Å². The number of carbonyl (C=O) groups excluding carboxylic acids is 1. The van der Waals surface area contributed by atoms with Gasteiger partial charge in [-0.25, -0.2) is 0 Å². The first-order valence-electron chi connectivity index (χ1n) is 6.21. The van der Waals surface area contributed by atoms with Crippen LogP contribution in [-0.2, 0) is 4.79 Å². The van der Waals surface area contributed by atoms with Crippen LogP contribution in [0.25, 0.3) is 0 Å². The molecule has 3 nitrogen and oxygen atoms in total. The average molecular weight is 245 g/mol. The quantitative estimate of drug-likeness (QED) is 0.815. The van der Waals surface area contributed by atoms with Crippen LogP contribution in [0.1, 0.15) is 31.2 Å². The minimum atomic E-state index is -1.36. The summed E-state index contributed by atoms with van der Waals surface area (Å²) in [6.07, 6.45) is 5.06. The van der Waals surface area contributed by atoms with Crippen LogP contribution in [0.15, 0.2) is 42.5 Å². The number of carbonyl (C=O) groups is 1. The molecule has 0 aliphatic heterocycles. The van der Waals surface area contributed by atoms with Crippen LogP contribution in [-0.4, -0.2) is 16.7 Å². The molecular weight excluding hydrogens is 228 g/mol. The fraction of sp³-hybridized carbons (Fsp3) is 0.400. The number of hydrogen-bond donors (Lipinski definition) is 1. The largest absolute Gasteiger partial charge is 0.550 e. The van der Waals surface area contributed by atoms with E-state index in [-0.39, 0.29) is 5.92 Å². The zero-order valence-corrected chi connectivity index (χ0v) is 10.4. The molecule has 1 aliphatic carbocycles. The molecule has 0 aromatic heterocycles. The maximum Gasteiger partial charge on any atom is 0.0973 e. The van der Waals surface area contributed by atoms with Gasteiger partial charge in [-0.3, -0.25) is 0 Å². The molecule has 3 atom stereocenters. The first-order valence-corrected chi connectivity index (χ1v) is 6.21. The summed E-state index contributed by atoms with van der Waals surface area (Å²) in [5, 5.41) is 21.8. The van der Waals surface area contributed by atoms with Crippen molar-refractivity contribution in [3.05, 3.63) is 48.0 Å². The van der Waals surface area contributed by atoms with Gasteiger partial charge in [0.05, 0.1) is 5.60 Å². The summed E-state index contributed by atoms with van der Waals surface area (Å²) in [7, 11) is 0. The Hall–Kier alpha value is -1.61. The van der Waals surface area contributed by atoms with Crippen molar-refractivity contribution in [3.63, 3.8) is 0 Å². The molecule has 0 fully saturated rings. The first-order chi connectivity index (χ1) is 8.55. The summed E-state index contributed by atoms with van der Waals surface area (Å²) < 4.78 is 0. The van der Waals surface area contributed by atoms with E-state index in [1.54, 1.807) is 6.08 Å². The van der Waals surface area contributed by atoms with Gasteiger partial charge in [0.1, 0.15) is 0 Å². The molecule has 0 saturated carbocycles. The summed E-state index contributed by atoms with van der Waals surface area (Å²) in [5.74, 6) is -2.35. The maximum absolute atomic E-state index is 11.1. The van der Waals surface area contributed by atoms with Gasteiger partial charge in [0, 0.05) is 17.8 Å². The van der Waals surface area contributed by atoms with E-state index in [4.69, 9.17) is 0 Å². The lowest BCUT2D eigenvalue weighted by molar-refractivity contribution is -0.316. The van der Waals surface area contributed by atoms with Crippen LogP contribution in [0, 0.1) is 5.92 Å². The third-order valence-corrected chi connectivity index (χ3v) is 3.81. The van der Waals surface area contributed by atoms with Crippen molar-refractivity contribution < 1.29 is 15.0 Å². The average Bonchev–Trinajstić information content (AvgIpc) is 2.39. The third kappa shape index (κ3) is 2.18. The lowest BCUT2D eigenvalue weighted by Gasteiger charge is -2.41. The van der Waals surface area contributed by atoms with Crippen LogP contribution in [0.3, 0.4) is 0 Å². The summed E-state index contributed by atoms with van der Waals surface area (Å²) in [4.78, 5) is 11.1. The Morgan fingerprint density at radius 2 is 2.11 bits per heavy atom. The molecule has 3 unspecified atom stereocenters. The Morgan fingerprint density at radius 1 is 1.44 bits per heavy atom. The SMILES string of the molecule is CC(C(=O)[O-])C1(O)C=CCCC1c1ccccc1. The van der Waals surface area contributed by atoms with Crippen molar-refractivity contribution in [3.8, 4) is 0 Å². The van der Waals surface area contributed by atoms with E-state index >= 15 is 0 Å². The van der Waals surface area contributed by atoms with Gasteiger partial charge in [0.2, 0.25) is 0 Å². The highest BCUT2D eigenvalue weighted by Crippen LogP contribution is 2.41. The Balaban J connectivity index is 2.40. The second kappa shape index (κ2) is 4.94. The molecule has 0 heterocycles. The Labute approximate surface area is 107 Å². The first kappa shape index (κ1) is 12.8. The van der Waals surface area contributed by atoms with Crippen LogP contribution in [0.5, 0.6) is 0 Å². The second-order valence-corrected chi connectivity index (χ2v) is 4.87. The summed E-state index contributed by atoms with van der Waals surface area (Å²) >= 11 is 0. The number of allylic oxidation sites excluding steroid dienone is 1. The predicted molar refractivity (Wildman–Crippen MR) is 66.7 cm³/mol. The van der Waals surface area contributed by atoms with Crippen molar-refractivity contribution in [2.75, 3.05) is 0 Å². The van der Waals surface area contributed by atoms with E-state index < -0.39 is 17.5 Å². The van der Waals surface area contributed by atoms with E-state index in [0.717, 1.165) is 18.4 Å². The normalized spacial score (nSPS) is 28.9. The predicted octanol–water partition coefficient (Wildman–Crippen LogP) is 1.24. The molecule has 0 amide bonds. The standard InChI is InChI=1S/C15H18O3/c1-11(14(16)17)15(18)10-6-5-9-13(15)12-7-3-2-4-8-12/h2-4,6-8,10-11,13,18H,5,9H2,1H3,(H,16,17)/p-1. The molecule has 1 aliphatic rings. The van der Waals surface area contributed by atoms with Gasteiger partial charge in [-0.2, -0.15) is 0 Å². The number of carboxylic acid groups (broad SMARTS) is 1. The van der Waals surface area contributed by atoms with Gasteiger partial charge in [-0.05, 0) is 18.4 Å². The minimum Gasteiger partial charge on any atom is -0.550 e. The van der Waals surface area contributed by atoms with Gasteiger partial charge >= 0.3 is 0 Å². The highest BCUT2D eigenvalue weighted by atomic mass is 16.4. The van der Waals surface area contributed by atoms with Crippen LogP contribution in [0.4, 0.5) is 0 Å². The van der Waals surface area contributed by atoms with E-state index in [1.165, 1.54) is 6.92 Å². The number of rotatable bonds is 3. The van der Waals surface area contributed by atoms with E-state index in [2.05, 4.69) is 0 Å². The molecule has 0 spiro atoms. The van der Waals surface area contributed by atoms with E-state index in [9.17, 15) is 15.0 Å². The van der Waals surface area contributed by atoms with Crippen molar-refractivity contribution in [1.82, 2.24) is 0 Å². The molecule has 96 valence electrons. The van der Waals surface area contributed by atoms with Crippen molar-refractivity contribution in [2.45, 2.75) is 31.3 Å². The minimum absolute atomic E-state index is 0.198. The lowest BCUT2D eigenvalue weighted by Crippen LogP contribution is -2.49. The molecule has 0 bridgehead atoms. The fourth-order valence-corrected chi connectivity index (χ4v) is 2.64. The van der Waals surface area contributed by atoms with Gasteiger partial charge in [-0.15, -0.1) is 0 Å².